The van der Waals surface area contributed by atoms with Crippen LogP contribution in [0.1, 0.15) is 32.6 Å². The zero-order valence-electron chi connectivity index (χ0n) is 13.1. The second kappa shape index (κ2) is 5.60. The van der Waals surface area contributed by atoms with E-state index in [0.717, 1.165) is 39.1 Å². The molecule has 0 amide bonds. The van der Waals surface area contributed by atoms with Crippen LogP contribution in [0.4, 0.5) is 0 Å². The molecule has 3 heteroatoms. The monoisotopic (exact) mass is 284 g/mol. The number of carboxylic acid groups (broad SMARTS) is 1. The molecule has 0 aromatic heterocycles. The van der Waals surface area contributed by atoms with E-state index in [0.29, 0.717) is 5.56 Å². The van der Waals surface area contributed by atoms with E-state index in [1.165, 1.54) is 0 Å². The number of methoxy groups -OCH3 is 1. The highest BCUT2D eigenvalue weighted by atomic mass is 16.5. The molecule has 0 aliphatic rings. The molecule has 0 fully saturated rings. The number of hydrogen-bond donors (Lipinski definition) is 1. The second-order valence-corrected chi connectivity index (χ2v) is 5.45. The van der Waals surface area contributed by atoms with Crippen LogP contribution in [-0.2, 0) is 0 Å². The number of ether oxygens (including phenoxy) is 1. The van der Waals surface area contributed by atoms with Gasteiger partial charge in [-0.1, -0.05) is 12.1 Å². The molecule has 0 aliphatic heterocycles. The minimum absolute atomic E-state index is 0.331. The molecule has 110 valence electrons. The molecule has 3 nitrogen and oxygen atoms in total. The Morgan fingerprint density at radius 1 is 0.952 bits per heavy atom. The van der Waals surface area contributed by atoms with E-state index in [1.54, 1.807) is 13.2 Å². The first-order chi connectivity index (χ1) is 9.85. The minimum Gasteiger partial charge on any atom is -0.496 e. The van der Waals surface area contributed by atoms with E-state index in [1.807, 2.05) is 39.8 Å². The maximum Gasteiger partial charge on any atom is 0.335 e. The van der Waals surface area contributed by atoms with E-state index < -0.39 is 5.97 Å². The first-order valence-electron chi connectivity index (χ1n) is 6.85. The lowest BCUT2D eigenvalue weighted by Gasteiger charge is -2.17. The second-order valence-electron chi connectivity index (χ2n) is 5.45. The SMILES string of the molecule is COc1cc(C)cc(C)c1-c1cc(C(=O)O)c(C)cc1C. The lowest BCUT2D eigenvalue weighted by atomic mass is 9.91. The Hall–Kier alpha value is -2.29. The highest BCUT2D eigenvalue weighted by molar-refractivity contribution is 5.92. The van der Waals surface area contributed by atoms with Gasteiger partial charge in [-0.2, -0.15) is 0 Å². The van der Waals surface area contributed by atoms with Crippen molar-refractivity contribution in [3.05, 3.63) is 52.1 Å². The maximum absolute atomic E-state index is 11.4. The summed E-state index contributed by atoms with van der Waals surface area (Å²) in [6, 6.07) is 7.71. The smallest absolute Gasteiger partial charge is 0.335 e. The van der Waals surface area contributed by atoms with Crippen molar-refractivity contribution in [1.82, 2.24) is 0 Å². The zero-order valence-corrected chi connectivity index (χ0v) is 13.1. The number of rotatable bonds is 3. The van der Waals surface area contributed by atoms with Gasteiger partial charge in [0.05, 0.1) is 12.7 Å². The lowest BCUT2D eigenvalue weighted by molar-refractivity contribution is 0.0696. The largest absolute Gasteiger partial charge is 0.496 e. The van der Waals surface area contributed by atoms with Gasteiger partial charge < -0.3 is 9.84 Å². The molecule has 0 atom stereocenters. The summed E-state index contributed by atoms with van der Waals surface area (Å²) in [5.74, 6) is -0.131. The van der Waals surface area contributed by atoms with Crippen molar-refractivity contribution in [2.24, 2.45) is 0 Å². The molecular formula is C18H20O3. The highest BCUT2D eigenvalue weighted by Gasteiger charge is 2.16. The van der Waals surface area contributed by atoms with E-state index in [9.17, 15) is 9.90 Å². The third-order valence-electron chi connectivity index (χ3n) is 3.73. The Morgan fingerprint density at radius 3 is 2.19 bits per heavy atom. The standard InChI is InChI=1S/C18H20O3/c1-10-6-13(4)17(16(7-10)21-5)14-9-15(18(19)20)12(3)8-11(14)2/h6-9H,1-5H3,(H,19,20). The lowest BCUT2D eigenvalue weighted by Crippen LogP contribution is -2.02. The highest BCUT2D eigenvalue weighted by Crippen LogP contribution is 2.37. The third kappa shape index (κ3) is 2.77. The van der Waals surface area contributed by atoms with Gasteiger partial charge in [-0.15, -0.1) is 0 Å². The fraction of sp³-hybridized carbons (Fsp3) is 0.278. The van der Waals surface area contributed by atoms with Crippen LogP contribution in [0, 0.1) is 27.7 Å². The van der Waals surface area contributed by atoms with Gasteiger partial charge >= 0.3 is 5.97 Å². The molecular weight excluding hydrogens is 264 g/mol. The van der Waals surface area contributed by atoms with Crippen LogP contribution in [0.3, 0.4) is 0 Å². The van der Waals surface area contributed by atoms with Crippen LogP contribution in [0.5, 0.6) is 5.75 Å². The summed E-state index contributed by atoms with van der Waals surface area (Å²) < 4.78 is 5.50. The van der Waals surface area contributed by atoms with Gasteiger partial charge in [-0.25, -0.2) is 4.79 Å². The van der Waals surface area contributed by atoms with E-state index in [-0.39, 0.29) is 0 Å². The van der Waals surface area contributed by atoms with Crippen molar-refractivity contribution in [1.29, 1.82) is 0 Å². The van der Waals surface area contributed by atoms with Gasteiger partial charge in [0.15, 0.2) is 0 Å². The molecule has 2 aromatic carbocycles. The molecule has 21 heavy (non-hydrogen) atoms. The Morgan fingerprint density at radius 2 is 1.62 bits per heavy atom. The van der Waals surface area contributed by atoms with Crippen LogP contribution in [0.25, 0.3) is 11.1 Å². The fourth-order valence-corrected chi connectivity index (χ4v) is 2.79. The van der Waals surface area contributed by atoms with Gasteiger partial charge in [0.2, 0.25) is 0 Å². The van der Waals surface area contributed by atoms with Crippen LogP contribution in [0.2, 0.25) is 0 Å². The zero-order chi connectivity index (χ0) is 15.7. The third-order valence-corrected chi connectivity index (χ3v) is 3.73. The molecule has 1 N–H and O–H groups in total. The normalized spacial score (nSPS) is 10.5. The minimum atomic E-state index is -0.905. The number of carbonyl (C=O) groups is 1. The molecule has 0 spiro atoms. The van der Waals surface area contributed by atoms with Crippen LogP contribution >= 0.6 is 0 Å². The molecule has 0 bridgehead atoms. The van der Waals surface area contributed by atoms with Gasteiger partial charge in [0.25, 0.3) is 0 Å². The van der Waals surface area contributed by atoms with Crippen molar-refractivity contribution in [2.45, 2.75) is 27.7 Å². The summed E-state index contributed by atoms with van der Waals surface area (Å²) in [6.45, 7) is 7.85. The van der Waals surface area contributed by atoms with E-state index >= 15 is 0 Å². The van der Waals surface area contributed by atoms with E-state index in [2.05, 4.69) is 6.07 Å². The van der Waals surface area contributed by atoms with Crippen molar-refractivity contribution in [3.8, 4) is 16.9 Å². The molecule has 0 unspecified atom stereocenters. The first-order valence-corrected chi connectivity index (χ1v) is 6.85. The topological polar surface area (TPSA) is 46.5 Å². The van der Waals surface area contributed by atoms with Crippen LogP contribution in [0.15, 0.2) is 24.3 Å². The van der Waals surface area contributed by atoms with Crippen molar-refractivity contribution in [3.63, 3.8) is 0 Å². The molecule has 0 aliphatic carbocycles. The number of benzene rings is 2. The summed E-state index contributed by atoms with van der Waals surface area (Å²) >= 11 is 0. The Labute approximate surface area is 125 Å². The summed E-state index contributed by atoms with van der Waals surface area (Å²) in [5.41, 5.74) is 6.22. The number of carboxylic acids is 1. The molecule has 0 radical (unpaired) electrons. The van der Waals surface area contributed by atoms with Crippen LogP contribution in [-0.4, -0.2) is 18.2 Å². The summed E-state index contributed by atoms with van der Waals surface area (Å²) in [7, 11) is 1.64. The molecule has 0 saturated carbocycles. The van der Waals surface area contributed by atoms with Crippen LogP contribution < -0.4 is 4.74 Å². The van der Waals surface area contributed by atoms with Crippen molar-refractivity contribution >= 4 is 5.97 Å². The molecule has 2 rings (SSSR count). The summed E-state index contributed by atoms with van der Waals surface area (Å²) in [5, 5.41) is 9.34. The predicted molar refractivity (Wildman–Crippen MR) is 84.3 cm³/mol. The van der Waals surface area contributed by atoms with Crippen molar-refractivity contribution in [2.75, 3.05) is 7.11 Å². The Kier molecular flexibility index (Phi) is 4.03. The van der Waals surface area contributed by atoms with Gasteiger partial charge in [0.1, 0.15) is 5.75 Å². The fourth-order valence-electron chi connectivity index (χ4n) is 2.79. The first kappa shape index (κ1) is 15.1. The van der Waals surface area contributed by atoms with E-state index in [4.69, 9.17) is 4.74 Å². The molecule has 2 aromatic rings. The number of hydrogen-bond acceptors (Lipinski definition) is 2. The van der Waals surface area contributed by atoms with Crippen molar-refractivity contribution < 1.29 is 14.6 Å². The number of aromatic carboxylic acids is 1. The Bertz CT molecular complexity index is 715. The molecule has 0 saturated heterocycles. The summed E-state index contributed by atoms with van der Waals surface area (Å²) in [4.78, 5) is 11.4. The van der Waals surface area contributed by atoms with Gasteiger partial charge in [-0.05, 0) is 67.6 Å². The predicted octanol–water partition coefficient (Wildman–Crippen LogP) is 4.29. The Balaban J connectivity index is 2.78. The van der Waals surface area contributed by atoms with Gasteiger partial charge in [0, 0.05) is 5.56 Å². The number of aryl methyl sites for hydroxylation is 4. The maximum atomic E-state index is 11.4. The quantitative estimate of drug-likeness (QED) is 0.914. The van der Waals surface area contributed by atoms with Gasteiger partial charge in [-0.3, -0.25) is 0 Å². The average molecular weight is 284 g/mol. The summed E-state index contributed by atoms with van der Waals surface area (Å²) in [6.07, 6.45) is 0. The molecule has 0 heterocycles. The average Bonchev–Trinajstić information content (AvgIpc) is 2.38.